The molecule has 4 rings (SSSR count). The number of thiazole rings is 1. The van der Waals surface area contributed by atoms with Crippen LogP contribution in [0.5, 0.6) is 0 Å². The van der Waals surface area contributed by atoms with Gasteiger partial charge in [0.15, 0.2) is 5.13 Å². The van der Waals surface area contributed by atoms with Crippen molar-refractivity contribution < 1.29 is 9.59 Å². The van der Waals surface area contributed by atoms with Gasteiger partial charge in [-0.1, -0.05) is 30.3 Å². The van der Waals surface area contributed by atoms with Crippen molar-refractivity contribution in [1.82, 2.24) is 4.98 Å². The number of nitrogens with zero attached hydrogens (tertiary/aromatic N) is 3. The molecule has 0 atom stereocenters. The number of carbonyl (C=O) groups is 2. The van der Waals surface area contributed by atoms with Crippen molar-refractivity contribution in [3.63, 3.8) is 0 Å². The standard InChI is InChI=1S/C20H17N3O2S2/c1-14-12-27-20(21-14)23(15-7-3-2-4-8-15)18(24)11-22-16-9-5-6-10-17(16)26-13-19(22)25/h2-10,12H,11,13H2,1H3. The number of hydrogen-bond acceptors (Lipinski definition) is 5. The molecule has 1 aliphatic rings. The third-order valence-corrected chi connectivity index (χ3v) is 6.15. The van der Waals surface area contributed by atoms with Crippen molar-refractivity contribution in [2.45, 2.75) is 11.8 Å². The third kappa shape index (κ3) is 3.61. The number of carbonyl (C=O) groups excluding carboxylic acids is 2. The van der Waals surface area contributed by atoms with Crippen molar-refractivity contribution in [1.29, 1.82) is 0 Å². The number of fused-ring (bicyclic) bond motifs is 1. The molecule has 0 saturated heterocycles. The lowest BCUT2D eigenvalue weighted by molar-refractivity contribution is -0.121. The lowest BCUT2D eigenvalue weighted by Gasteiger charge is -2.30. The molecule has 1 aliphatic heterocycles. The molecular formula is C20H17N3O2S2. The summed E-state index contributed by atoms with van der Waals surface area (Å²) >= 11 is 2.92. The first kappa shape index (κ1) is 17.8. The fourth-order valence-electron chi connectivity index (χ4n) is 2.92. The summed E-state index contributed by atoms with van der Waals surface area (Å²) in [5.41, 5.74) is 2.39. The summed E-state index contributed by atoms with van der Waals surface area (Å²) in [7, 11) is 0. The van der Waals surface area contributed by atoms with Gasteiger partial charge in [-0.05, 0) is 31.2 Å². The first-order valence-corrected chi connectivity index (χ1v) is 10.3. The number of amides is 2. The van der Waals surface area contributed by atoms with E-state index in [9.17, 15) is 9.59 Å². The molecule has 5 nitrogen and oxygen atoms in total. The summed E-state index contributed by atoms with van der Waals surface area (Å²) in [6.07, 6.45) is 0. The van der Waals surface area contributed by atoms with Crippen LogP contribution >= 0.6 is 23.1 Å². The highest BCUT2D eigenvalue weighted by Gasteiger charge is 2.29. The highest BCUT2D eigenvalue weighted by molar-refractivity contribution is 8.00. The van der Waals surface area contributed by atoms with Gasteiger partial charge in [0.25, 0.3) is 5.91 Å². The number of aryl methyl sites for hydroxylation is 1. The second kappa shape index (κ2) is 7.54. The minimum atomic E-state index is -0.189. The zero-order chi connectivity index (χ0) is 18.8. The van der Waals surface area contributed by atoms with Gasteiger partial charge in [0.1, 0.15) is 6.54 Å². The molecule has 0 unspecified atom stereocenters. The molecule has 2 heterocycles. The largest absolute Gasteiger partial charge is 0.301 e. The van der Waals surface area contributed by atoms with Crippen LogP contribution in [0.15, 0.2) is 64.9 Å². The van der Waals surface area contributed by atoms with Crippen molar-refractivity contribution in [2.75, 3.05) is 22.1 Å². The van der Waals surface area contributed by atoms with E-state index in [2.05, 4.69) is 4.98 Å². The van der Waals surface area contributed by atoms with Crippen LogP contribution in [0.25, 0.3) is 0 Å². The maximum Gasteiger partial charge on any atom is 0.253 e. The molecule has 0 N–H and O–H groups in total. The molecule has 3 aromatic rings. The van der Waals surface area contributed by atoms with Crippen LogP contribution in [0.2, 0.25) is 0 Å². The summed E-state index contributed by atoms with van der Waals surface area (Å²) < 4.78 is 0. The SMILES string of the molecule is Cc1csc(N(C(=O)CN2C(=O)CSc3ccccc32)c2ccccc2)n1. The van der Waals surface area contributed by atoms with Crippen LogP contribution < -0.4 is 9.80 Å². The monoisotopic (exact) mass is 395 g/mol. The van der Waals surface area contributed by atoms with E-state index < -0.39 is 0 Å². The topological polar surface area (TPSA) is 53.5 Å². The van der Waals surface area contributed by atoms with Gasteiger partial charge in [-0.15, -0.1) is 23.1 Å². The summed E-state index contributed by atoms with van der Waals surface area (Å²) in [6.45, 7) is 1.87. The Morgan fingerprint density at radius 1 is 1.15 bits per heavy atom. The maximum absolute atomic E-state index is 13.3. The lowest BCUT2D eigenvalue weighted by Crippen LogP contribution is -2.43. The molecule has 7 heteroatoms. The van der Waals surface area contributed by atoms with Crippen molar-refractivity contribution in [2.24, 2.45) is 0 Å². The average Bonchev–Trinajstić information content (AvgIpc) is 3.11. The van der Waals surface area contributed by atoms with Crippen LogP contribution in [0.4, 0.5) is 16.5 Å². The molecule has 0 spiro atoms. The van der Waals surface area contributed by atoms with Crippen LogP contribution in [-0.2, 0) is 9.59 Å². The quantitative estimate of drug-likeness (QED) is 0.663. The lowest BCUT2D eigenvalue weighted by atomic mass is 10.2. The van der Waals surface area contributed by atoms with Gasteiger partial charge in [0.05, 0.1) is 22.8 Å². The molecule has 1 aromatic heterocycles. The fourth-order valence-corrected chi connectivity index (χ4v) is 4.69. The highest BCUT2D eigenvalue weighted by Crippen LogP contribution is 2.35. The Kier molecular flexibility index (Phi) is 4.96. The van der Waals surface area contributed by atoms with E-state index in [0.717, 1.165) is 22.0 Å². The number of aromatic nitrogens is 1. The zero-order valence-corrected chi connectivity index (χ0v) is 16.3. The second-order valence-electron chi connectivity index (χ2n) is 6.07. The summed E-state index contributed by atoms with van der Waals surface area (Å²) in [6, 6.07) is 17.1. The first-order valence-electron chi connectivity index (χ1n) is 8.46. The van der Waals surface area contributed by atoms with Gasteiger partial charge >= 0.3 is 0 Å². The van der Waals surface area contributed by atoms with E-state index in [4.69, 9.17) is 0 Å². The van der Waals surface area contributed by atoms with Gasteiger partial charge in [0.2, 0.25) is 5.91 Å². The Balaban J connectivity index is 1.68. The maximum atomic E-state index is 13.3. The van der Waals surface area contributed by atoms with E-state index in [1.807, 2.05) is 66.9 Å². The molecule has 0 aliphatic carbocycles. The van der Waals surface area contributed by atoms with Gasteiger partial charge in [-0.2, -0.15) is 0 Å². The Morgan fingerprint density at radius 2 is 1.89 bits per heavy atom. The van der Waals surface area contributed by atoms with Crippen molar-refractivity contribution >= 4 is 51.4 Å². The highest BCUT2D eigenvalue weighted by atomic mass is 32.2. The van der Waals surface area contributed by atoms with Gasteiger partial charge in [0, 0.05) is 10.3 Å². The van der Waals surface area contributed by atoms with E-state index in [-0.39, 0.29) is 18.4 Å². The zero-order valence-electron chi connectivity index (χ0n) is 14.7. The number of hydrogen-bond donors (Lipinski definition) is 0. The van der Waals surface area contributed by atoms with E-state index in [1.165, 1.54) is 23.1 Å². The number of benzene rings is 2. The summed E-state index contributed by atoms with van der Waals surface area (Å²) in [5, 5.41) is 2.52. The van der Waals surface area contributed by atoms with Crippen molar-refractivity contribution in [3.05, 3.63) is 65.7 Å². The number of rotatable bonds is 4. The van der Waals surface area contributed by atoms with E-state index in [1.54, 1.807) is 9.80 Å². The number of anilines is 3. The Labute approximate surface area is 165 Å². The minimum absolute atomic E-state index is 0.0239. The van der Waals surface area contributed by atoms with Crippen LogP contribution in [0.1, 0.15) is 5.69 Å². The number of thioether (sulfide) groups is 1. The van der Waals surface area contributed by atoms with Gasteiger partial charge in [-0.3, -0.25) is 14.5 Å². The third-order valence-electron chi connectivity index (χ3n) is 4.16. The fraction of sp³-hybridized carbons (Fsp3) is 0.150. The molecule has 0 fully saturated rings. The Morgan fingerprint density at radius 3 is 2.63 bits per heavy atom. The molecule has 136 valence electrons. The van der Waals surface area contributed by atoms with Crippen LogP contribution in [0.3, 0.4) is 0 Å². The van der Waals surface area contributed by atoms with E-state index >= 15 is 0 Å². The predicted molar refractivity (Wildman–Crippen MR) is 110 cm³/mol. The number of para-hydroxylation sites is 2. The second-order valence-corrected chi connectivity index (χ2v) is 7.93. The summed E-state index contributed by atoms with van der Waals surface area (Å²) in [5.74, 6) is 0.0902. The molecule has 0 radical (unpaired) electrons. The predicted octanol–water partition coefficient (Wildman–Crippen LogP) is 4.26. The molecule has 0 saturated carbocycles. The molecule has 0 bridgehead atoms. The van der Waals surface area contributed by atoms with Crippen LogP contribution in [-0.4, -0.2) is 29.1 Å². The normalized spacial score (nSPS) is 13.4. The van der Waals surface area contributed by atoms with E-state index in [0.29, 0.717) is 10.9 Å². The Hall–Kier alpha value is -2.64. The van der Waals surface area contributed by atoms with Crippen molar-refractivity contribution in [3.8, 4) is 0 Å². The molecule has 2 amide bonds. The average molecular weight is 396 g/mol. The van der Waals surface area contributed by atoms with Crippen LogP contribution in [0, 0.1) is 6.92 Å². The smallest absolute Gasteiger partial charge is 0.253 e. The minimum Gasteiger partial charge on any atom is -0.301 e. The van der Waals surface area contributed by atoms with Gasteiger partial charge < -0.3 is 4.90 Å². The summed E-state index contributed by atoms with van der Waals surface area (Å²) in [4.78, 5) is 34.4. The Bertz CT molecular complexity index is 988. The molecule has 2 aromatic carbocycles. The molecular weight excluding hydrogens is 378 g/mol. The molecule has 27 heavy (non-hydrogen) atoms. The first-order chi connectivity index (χ1) is 13.1. The van der Waals surface area contributed by atoms with Gasteiger partial charge in [-0.25, -0.2) is 4.98 Å².